The van der Waals surface area contributed by atoms with Crippen LogP contribution in [0.15, 0.2) is 60.4 Å². The van der Waals surface area contributed by atoms with E-state index in [1.807, 2.05) is 63.6 Å². The first-order valence-corrected chi connectivity index (χ1v) is 17.6. The van der Waals surface area contributed by atoms with Gasteiger partial charge < -0.3 is 30.0 Å². The zero-order valence-corrected chi connectivity index (χ0v) is 29.4. The molecule has 4 aromatic heterocycles. The summed E-state index contributed by atoms with van der Waals surface area (Å²) in [6.07, 6.45) is 5.80. The Morgan fingerprint density at radius 3 is 2.65 bits per heavy atom. The molecule has 4 N–H and O–H groups in total. The van der Waals surface area contributed by atoms with Crippen molar-refractivity contribution in [2.75, 3.05) is 18.4 Å². The van der Waals surface area contributed by atoms with E-state index in [1.54, 1.807) is 11.3 Å². The molecule has 0 aliphatic heterocycles. The van der Waals surface area contributed by atoms with Gasteiger partial charge in [-0.15, -0.1) is 11.3 Å². The molecule has 0 aliphatic carbocycles. The number of fused-ring (bicyclic) bond motifs is 3. The molecule has 0 fully saturated rings. The molecule has 1 atom stereocenters. The zero-order valence-electron chi connectivity index (χ0n) is 28.5. The van der Waals surface area contributed by atoms with Gasteiger partial charge in [0.25, 0.3) is 0 Å². The van der Waals surface area contributed by atoms with E-state index >= 15 is 0 Å². The van der Waals surface area contributed by atoms with Crippen molar-refractivity contribution in [1.29, 1.82) is 0 Å². The number of hydrogen-bond donors (Lipinski definition) is 4. The van der Waals surface area contributed by atoms with E-state index in [4.69, 9.17) is 14.7 Å². The maximum Gasteiger partial charge on any atom is 0.407 e. The number of thiophene rings is 1. The van der Waals surface area contributed by atoms with E-state index in [1.165, 1.54) is 4.70 Å². The monoisotopic (exact) mass is 681 g/mol. The molecule has 256 valence electrons. The third-order valence-corrected chi connectivity index (χ3v) is 9.43. The molecule has 0 saturated carbocycles. The van der Waals surface area contributed by atoms with Crippen molar-refractivity contribution in [3.8, 4) is 11.4 Å². The van der Waals surface area contributed by atoms with Gasteiger partial charge in [-0.3, -0.25) is 4.79 Å². The Morgan fingerprint density at radius 1 is 1.06 bits per heavy atom. The Kier molecular flexibility index (Phi) is 9.86. The van der Waals surface area contributed by atoms with Crippen LogP contribution >= 0.6 is 11.3 Å². The molecular weight excluding hydrogens is 639 g/mol. The first-order chi connectivity index (χ1) is 23.5. The first-order valence-electron chi connectivity index (χ1n) is 16.7. The van der Waals surface area contributed by atoms with Crippen LogP contribution in [0, 0.1) is 0 Å². The summed E-state index contributed by atoms with van der Waals surface area (Å²) in [6, 6.07) is 14.3. The summed E-state index contributed by atoms with van der Waals surface area (Å²) in [5.74, 6) is -0.168. The number of aromatic nitrogens is 5. The second-order valence-electron chi connectivity index (χ2n) is 13.6. The van der Waals surface area contributed by atoms with Gasteiger partial charge in [0.2, 0.25) is 0 Å². The molecule has 49 heavy (non-hydrogen) atoms. The number of imidazole rings is 1. The molecule has 6 rings (SSSR count). The van der Waals surface area contributed by atoms with Gasteiger partial charge in [0.05, 0.1) is 12.2 Å². The van der Waals surface area contributed by atoms with Gasteiger partial charge >= 0.3 is 12.1 Å². The number of ether oxygens (including phenoxy) is 1. The smallest absolute Gasteiger partial charge is 0.407 e. The largest absolute Gasteiger partial charge is 0.481 e. The van der Waals surface area contributed by atoms with Crippen LogP contribution in [-0.4, -0.2) is 60.4 Å². The molecule has 12 heteroatoms. The van der Waals surface area contributed by atoms with Gasteiger partial charge in [-0.1, -0.05) is 30.7 Å². The molecule has 2 aromatic carbocycles. The van der Waals surface area contributed by atoms with Crippen LogP contribution < -0.4 is 10.6 Å². The van der Waals surface area contributed by atoms with E-state index < -0.39 is 23.6 Å². The van der Waals surface area contributed by atoms with Gasteiger partial charge in [-0.2, -0.15) is 0 Å². The average Bonchev–Trinajstić information content (AvgIpc) is 3.78. The van der Waals surface area contributed by atoms with Gasteiger partial charge in [0.1, 0.15) is 11.1 Å². The molecule has 6 aromatic rings. The second-order valence-corrected chi connectivity index (χ2v) is 14.5. The number of benzene rings is 2. The fraction of sp³-hybridized carbons (Fsp3) is 0.378. The average molecular weight is 682 g/mol. The maximum atomic E-state index is 12.3. The van der Waals surface area contributed by atoms with Crippen molar-refractivity contribution in [3.63, 3.8) is 0 Å². The molecule has 4 heterocycles. The zero-order chi connectivity index (χ0) is 34.7. The van der Waals surface area contributed by atoms with Crippen molar-refractivity contribution >= 4 is 61.4 Å². The van der Waals surface area contributed by atoms with Gasteiger partial charge in [-0.25, -0.2) is 19.7 Å². The number of rotatable bonds is 13. The minimum Gasteiger partial charge on any atom is -0.481 e. The van der Waals surface area contributed by atoms with E-state index in [9.17, 15) is 14.7 Å². The fourth-order valence-corrected chi connectivity index (χ4v) is 6.97. The Balaban J connectivity index is 1.16. The highest BCUT2D eigenvalue weighted by molar-refractivity contribution is 7.17. The number of carboxylic acid groups (broad SMARTS) is 1. The third-order valence-electron chi connectivity index (χ3n) is 8.47. The highest BCUT2D eigenvalue weighted by Crippen LogP contribution is 2.34. The lowest BCUT2D eigenvalue weighted by atomic mass is 9.92. The normalized spacial score (nSPS) is 12.6. The third kappa shape index (κ3) is 7.69. The maximum absolute atomic E-state index is 12.3. The lowest BCUT2D eigenvalue weighted by Crippen LogP contribution is -2.33. The van der Waals surface area contributed by atoms with Crippen LogP contribution in [0.4, 0.5) is 10.6 Å². The number of unbranched alkanes of at least 4 members (excludes halogenated alkanes) is 1. The molecule has 0 saturated heterocycles. The fourth-order valence-electron chi connectivity index (χ4n) is 6.04. The van der Waals surface area contributed by atoms with Gasteiger partial charge in [0, 0.05) is 57.3 Å². The molecule has 0 spiro atoms. The van der Waals surface area contributed by atoms with Crippen LogP contribution in [0.5, 0.6) is 0 Å². The number of amides is 1. The van der Waals surface area contributed by atoms with Crippen LogP contribution in [0.2, 0.25) is 0 Å². The van der Waals surface area contributed by atoms with Crippen molar-refractivity contribution in [3.05, 3.63) is 71.5 Å². The number of aliphatic carboxylic acids is 1. The highest BCUT2D eigenvalue weighted by atomic mass is 32.1. The number of carbonyl (C=O) groups is 2. The Hall–Kier alpha value is -4.97. The standard InChI is InChI=1S/C37H43N7O4S/c1-22(2)44-21-41-31-33(42-32(43-34(31)44)28-20-49-30-12-7-6-11-26(28)30)38-17-15-24-19-40-29-14-13-23(18-27(24)29)25(35(45)46)10-8-9-16-39-36(47)48-37(3,4)5/h6-7,11-14,18-22,25,40H,8-10,15-17H2,1-5H3,(H,39,47)(H,45,46)(H,38,42,43). The number of alkyl carbamates (subject to hydrolysis) is 1. The van der Waals surface area contributed by atoms with E-state index in [0.717, 1.165) is 44.1 Å². The number of aromatic amines is 1. The molecule has 0 bridgehead atoms. The van der Waals surface area contributed by atoms with Crippen molar-refractivity contribution < 1.29 is 19.4 Å². The van der Waals surface area contributed by atoms with E-state index in [-0.39, 0.29) is 6.04 Å². The summed E-state index contributed by atoms with van der Waals surface area (Å²) in [5.41, 5.74) is 4.75. The Morgan fingerprint density at radius 2 is 1.88 bits per heavy atom. The van der Waals surface area contributed by atoms with Crippen molar-refractivity contribution in [2.45, 2.75) is 77.9 Å². The van der Waals surface area contributed by atoms with Crippen molar-refractivity contribution in [1.82, 2.24) is 29.8 Å². The van der Waals surface area contributed by atoms with Crippen LogP contribution in [0.3, 0.4) is 0 Å². The van der Waals surface area contributed by atoms with Gasteiger partial charge in [-0.05, 0) is 83.2 Å². The molecule has 0 radical (unpaired) electrons. The minimum absolute atomic E-state index is 0.184. The molecular formula is C37H43N7O4S. The van der Waals surface area contributed by atoms with Crippen LogP contribution in [0.1, 0.15) is 77.0 Å². The number of H-pyrrole nitrogens is 1. The van der Waals surface area contributed by atoms with Crippen LogP contribution in [0.25, 0.3) is 43.5 Å². The predicted octanol–water partition coefficient (Wildman–Crippen LogP) is 8.29. The lowest BCUT2D eigenvalue weighted by molar-refractivity contribution is -0.139. The van der Waals surface area contributed by atoms with Crippen LogP contribution in [-0.2, 0) is 16.0 Å². The van der Waals surface area contributed by atoms with E-state index in [0.29, 0.717) is 50.4 Å². The summed E-state index contributed by atoms with van der Waals surface area (Å²) in [6.45, 7) is 10.7. The summed E-state index contributed by atoms with van der Waals surface area (Å²) in [4.78, 5) is 42.2. The lowest BCUT2D eigenvalue weighted by Gasteiger charge is -2.19. The number of hydrogen-bond acceptors (Lipinski definition) is 8. The number of carboxylic acids is 1. The Labute approximate surface area is 289 Å². The topological polar surface area (TPSA) is 147 Å². The SMILES string of the molecule is CC(C)n1cnc2c(NCCc3c[nH]c4ccc(C(CCCCNC(=O)OC(C)(C)C)C(=O)O)cc34)nc(-c3csc4ccccc34)nc21. The molecule has 11 nitrogen and oxygen atoms in total. The van der Waals surface area contributed by atoms with Gasteiger partial charge in [0.15, 0.2) is 17.3 Å². The minimum atomic E-state index is -0.860. The molecule has 1 amide bonds. The second kappa shape index (κ2) is 14.3. The highest BCUT2D eigenvalue weighted by Gasteiger charge is 2.22. The number of nitrogens with zero attached hydrogens (tertiary/aromatic N) is 4. The molecule has 1 unspecified atom stereocenters. The quantitative estimate of drug-likeness (QED) is 0.0891. The Bertz CT molecular complexity index is 2110. The summed E-state index contributed by atoms with van der Waals surface area (Å²) >= 11 is 1.68. The number of nitrogens with one attached hydrogen (secondary N) is 3. The summed E-state index contributed by atoms with van der Waals surface area (Å²) in [5, 5.41) is 20.6. The summed E-state index contributed by atoms with van der Waals surface area (Å²) in [7, 11) is 0. The predicted molar refractivity (Wildman–Crippen MR) is 195 cm³/mol. The summed E-state index contributed by atoms with van der Waals surface area (Å²) < 4.78 is 8.53. The number of anilines is 1. The van der Waals surface area contributed by atoms with Crippen molar-refractivity contribution in [2.24, 2.45) is 0 Å². The first kappa shape index (κ1) is 33.9. The van der Waals surface area contributed by atoms with E-state index in [2.05, 4.69) is 56.5 Å². The number of carbonyl (C=O) groups excluding carboxylic acids is 1. The molecule has 0 aliphatic rings.